The minimum Gasteiger partial charge on any atom is -0.481 e. The third-order valence-electron chi connectivity index (χ3n) is 5.59. The zero-order valence-corrected chi connectivity index (χ0v) is 16.6. The van der Waals surface area contributed by atoms with E-state index in [1.807, 2.05) is 24.3 Å². The lowest BCUT2D eigenvalue weighted by molar-refractivity contribution is -0.138. The van der Waals surface area contributed by atoms with E-state index in [1.165, 1.54) is 17.5 Å². The third kappa shape index (κ3) is 3.44. The minimum atomic E-state index is -3.21. The predicted octanol–water partition coefficient (Wildman–Crippen LogP) is 3.99. The summed E-state index contributed by atoms with van der Waals surface area (Å²) in [6, 6.07) is 15.2. The Hall–Kier alpha value is -2.60. The summed E-state index contributed by atoms with van der Waals surface area (Å²) >= 11 is 0. The Labute approximate surface area is 164 Å². The first-order valence-corrected chi connectivity index (χ1v) is 11.3. The normalized spacial score (nSPS) is 16.8. The fraction of sp³-hybridized carbons (Fsp3) is 0.318. The number of hydrogen-bond acceptors (Lipinski definition) is 3. The maximum atomic E-state index is 11.7. The molecule has 3 aromatic rings. The fourth-order valence-corrected chi connectivity index (χ4v) is 4.99. The number of benzene rings is 2. The van der Waals surface area contributed by atoms with Crippen molar-refractivity contribution in [3.8, 4) is 0 Å². The number of aromatic nitrogens is 1. The van der Waals surface area contributed by atoms with Crippen molar-refractivity contribution in [2.75, 3.05) is 6.26 Å². The number of nitrogens with zero attached hydrogens (tertiary/aromatic N) is 1. The van der Waals surface area contributed by atoms with Gasteiger partial charge in [-0.15, -0.1) is 0 Å². The van der Waals surface area contributed by atoms with Crippen molar-refractivity contribution in [2.45, 2.75) is 43.0 Å². The molecule has 2 heterocycles. The van der Waals surface area contributed by atoms with Crippen LogP contribution in [-0.2, 0) is 27.5 Å². The molecule has 1 aliphatic rings. The minimum absolute atomic E-state index is 0.0208. The van der Waals surface area contributed by atoms with Crippen molar-refractivity contribution in [2.24, 2.45) is 0 Å². The van der Waals surface area contributed by atoms with E-state index in [2.05, 4.69) is 16.7 Å². The van der Waals surface area contributed by atoms with E-state index in [0.29, 0.717) is 11.3 Å². The first-order valence-electron chi connectivity index (χ1n) is 9.46. The Morgan fingerprint density at radius 3 is 2.54 bits per heavy atom. The number of hydrogen-bond donors (Lipinski definition) is 1. The van der Waals surface area contributed by atoms with Crippen LogP contribution in [0.2, 0.25) is 0 Å². The molecule has 28 heavy (non-hydrogen) atoms. The number of carboxylic acids is 1. The molecule has 0 amide bonds. The molecule has 0 bridgehead atoms. The van der Waals surface area contributed by atoms with Crippen molar-refractivity contribution >= 4 is 26.7 Å². The van der Waals surface area contributed by atoms with E-state index in [9.17, 15) is 18.3 Å². The van der Waals surface area contributed by atoms with Gasteiger partial charge >= 0.3 is 5.97 Å². The average molecular weight is 397 g/mol. The lowest BCUT2D eigenvalue weighted by Gasteiger charge is -2.26. The Kier molecular flexibility index (Phi) is 4.75. The van der Waals surface area contributed by atoms with Crippen molar-refractivity contribution in [3.05, 3.63) is 65.4 Å². The van der Waals surface area contributed by atoms with Gasteiger partial charge in [-0.05, 0) is 55.0 Å². The molecule has 0 fully saturated rings. The summed E-state index contributed by atoms with van der Waals surface area (Å²) in [7, 11) is -3.21. The van der Waals surface area contributed by atoms with Gasteiger partial charge in [0.05, 0.1) is 11.3 Å². The molecule has 4 rings (SSSR count). The number of carbonyl (C=O) groups is 1. The van der Waals surface area contributed by atoms with E-state index in [0.717, 1.165) is 35.7 Å². The van der Waals surface area contributed by atoms with E-state index in [1.54, 1.807) is 12.1 Å². The molecular formula is C22H23NO4S. The van der Waals surface area contributed by atoms with Crippen LogP contribution < -0.4 is 0 Å². The fourth-order valence-electron chi connectivity index (χ4n) is 4.36. The molecule has 2 aromatic carbocycles. The standard InChI is InChI=1S/C22H23NO4S/c1-28(26,27)17-11-9-15(10-12-17)13-19-18-6-2-3-7-20(18)23-16(14-22(24)25)5-4-8-21(19)23/h2-3,6-7,9-12,16H,4-5,8,13-14H2,1H3,(H,24,25). The highest BCUT2D eigenvalue weighted by atomic mass is 32.2. The highest BCUT2D eigenvalue weighted by Gasteiger charge is 2.27. The second-order valence-electron chi connectivity index (χ2n) is 7.55. The molecule has 1 N–H and O–H groups in total. The molecule has 0 saturated heterocycles. The van der Waals surface area contributed by atoms with Crippen LogP contribution in [0.3, 0.4) is 0 Å². The van der Waals surface area contributed by atoms with Crippen LogP contribution >= 0.6 is 0 Å². The number of carboxylic acid groups (broad SMARTS) is 1. The summed E-state index contributed by atoms with van der Waals surface area (Å²) in [5.41, 5.74) is 4.57. The summed E-state index contributed by atoms with van der Waals surface area (Å²) in [5, 5.41) is 10.5. The van der Waals surface area contributed by atoms with Crippen molar-refractivity contribution in [3.63, 3.8) is 0 Å². The lowest BCUT2D eigenvalue weighted by Crippen LogP contribution is -2.20. The van der Waals surface area contributed by atoms with Gasteiger partial charge in [0.1, 0.15) is 0 Å². The summed E-state index contributed by atoms with van der Waals surface area (Å²) in [6.07, 6.45) is 4.83. The largest absolute Gasteiger partial charge is 0.481 e. The van der Waals surface area contributed by atoms with Crippen LogP contribution in [0.15, 0.2) is 53.4 Å². The molecule has 1 atom stereocenters. The molecule has 0 spiro atoms. The maximum Gasteiger partial charge on any atom is 0.305 e. The Morgan fingerprint density at radius 2 is 1.86 bits per heavy atom. The number of para-hydroxylation sites is 1. The van der Waals surface area contributed by atoms with Crippen LogP contribution in [0.5, 0.6) is 0 Å². The van der Waals surface area contributed by atoms with E-state index >= 15 is 0 Å². The van der Waals surface area contributed by atoms with Crippen molar-refractivity contribution < 1.29 is 18.3 Å². The predicted molar refractivity (Wildman–Crippen MR) is 109 cm³/mol. The summed E-state index contributed by atoms with van der Waals surface area (Å²) in [4.78, 5) is 11.7. The highest BCUT2D eigenvalue weighted by molar-refractivity contribution is 7.90. The molecular weight excluding hydrogens is 374 g/mol. The van der Waals surface area contributed by atoms with E-state index in [-0.39, 0.29) is 12.5 Å². The van der Waals surface area contributed by atoms with E-state index in [4.69, 9.17) is 0 Å². The number of aliphatic carboxylic acids is 1. The second-order valence-corrected chi connectivity index (χ2v) is 9.56. The van der Waals surface area contributed by atoms with Crippen LogP contribution in [0.4, 0.5) is 0 Å². The Balaban J connectivity index is 1.79. The smallest absolute Gasteiger partial charge is 0.305 e. The summed E-state index contributed by atoms with van der Waals surface area (Å²) in [6.45, 7) is 0. The van der Waals surface area contributed by atoms with Gasteiger partial charge in [-0.25, -0.2) is 8.42 Å². The molecule has 6 heteroatoms. The van der Waals surface area contributed by atoms with Gasteiger partial charge in [-0.2, -0.15) is 0 Å². The second kappa shape index (κ2) is 7.09. The van der Waals surface area contributed by atoms with Gasteiger partial charge in [-0.1, -0.05) is 30.3 Å². The Morgan fingerprint density at radius 1 is 1.14 bits per heavy atom. The third-order valence-corrected chi connectivity index (χ3v) is 6.72. The van der Waals surface area contributed by atoms with Crippen LogP contribution in [0.25, 0.3) is 10.9 Å². The molecule has 146 valence electrons. The zero-order valence-electron chi connectivity index (χ0n) is 15.8. The van der Waals surface area contributed by atoms with Crippen molar-refractivity contribution in [1.82, 2.24) is 4.57 Å². The van der Waals surface area contributed by atoms with Crippen molar-refractivity contribution in [1.29, 1.82) is 0 Å². The van der Waals surface area contributed by atoms with Crippen LogP contribution in [-0.4, -0.2) is 30.3 Å². The maximum absolute atomic E-state index is 11.7. The molecule has 0 radical (unpaired) electrons. The van der Waals surface area contributed by atoms with E-state index < -0.39 is 15.8 Å². The first kappa shape index (κ1) is 18.7. The highest BCUT2D eigenvalue weighted by Crippen LogP contribution is 2.38. The molecule has 1 aliphatic heterocycles. The molecule has 5 nitrogen and oxygen atoms in total. The molecule has 1 unspecified atom stereocenters. The van der Waals surface area contributed by atoms with Gasteiger partial charge < -0.3 is 9.67 Å². The number of sulfone groups is 1. The molecule has 0 saturated carbocycles. The number of fused-ring (bicyclic) bond motifs is 3. The van der Waals surface area contributed by atoms with Gasteiger partial charge in [0.15, 0.2) is 9.84 Å². The van der Waals surface area contributed by atoms with Crippen LogP contribution in [0.1, 0.15) is 42.1 Å². The van der Waals surface area contributed by atoms with Gasteiger partial charge in [-0.3, -0.25) is 4.79 Å². The monoisotopic (exact) mass is 397 g/mol. The average Bonchev–Trinajstić information content (AvgIpc) is 2.96. The molecule has 1 aromatic heterocycles. The molecule has 0 aliphatic carbocycles. The zero-order chi connectivity index (χ0) is 19.9. The lowest BCUT2D eigenvalue weighted by atomic mass is 9.95. The summed E-state index contributed by atoms with van der Waals surface area (Å²) < 4.78 is 25.6. The van der Waals surface area contributed by atoms with Gasteiger partial charge in [0.2, 0.25) is 0 Å². The quantitative estimate of drug-likeness (QED) is 0.706. The van der Waals surface area contributed by atoms with Gasteiger partial charge in [0.25, 0.3) is 0 Å². The topological polar surface area (TPSA) is 76.4 Å². The Bertz CT molecular complexity index is 1140. The SMILES string of the molecule is CS(=O)(=O)c1ccc(Cc2c3n(c4ccccc24)C(CC(=O)O)CCC3)cc1. The van der Waals surface area contributed by atoms with Crippen LogP contribution in [0, 0.1) is 0 Å². The van der Waals surface area contributed by atoms with Gasteiger partial charge in [0, 0.05) is 28.9 Å². The first-order chi connectivity index (χ1) is 13.3. The number of rotatable bonds is 5. The summed E-state index contributed by atoms with van der Waals surface area (Å²) in [5.74, 6) is -0.770.